The first-order valence-electron chi connectivity index (χ1n) is 4.55. The highest BCUT2D eigenvalue weighted by Gasteiger charge is 2.01. The number of nitrogens with two attached hydrogens (primary N) is 2. The molecule has 76 valence electrons. The second-order valence-corrected chi connectivity index (χ2v) is 3.07. The molecule has 0 heterocycles. The molecule has 1 amide bonds. The summed E-state index contributed by atoms with van der Waals surface area (Å²) >= 11 is 0. The maximum absolute atomic E-state index is 11.1. The first kappa shape index (κ1) is 10.5. The fraction of sp³-hybridized carbons (Fsp3) is 0.300. The fourth-order valence-corrected chi connectivity index (χ4v) is 1.16. The van der Waals surface area contributed by atoms with Crippen molar-refractivity contribution in [1.82, 2.24) is 0 Å². The molecule has 0 fully saturated rings. The van der Waals surface area contributed by atoms with E-state index in [4.69, 9.17) is 11.5 Å². The van der Waals surface area contributed by atoms with Crippen LogP contribution in [-0.4, -0.2) is 5.91 Å². The van der Waals surface area contributed by atoms with Crippen LogP contribution in [0.2, 0.25) is 0 Å². The minimum Gasteiger partial charge on any atom is -0.399 e. The predicted molar refractivity (Wildman–Crippen MR) is 57.7 cm³/mol. The molecule has 1 aromatic carbocycles. The van der Waals surface area contributed by atoms with Crippen LogP contribution < -0.4 is 16.8 Å². The van der Waals surface area contributed by atoms with Gasteiger partial charge in [-0.05, 0) is 23.8 Å². The normalized spacial score (nSPS) is 9.86. The number of carbonyl (C=O) groups is 1. The lowest BCUT2D eigenvalue weighted by Crippen LogP contribution is -2.10. The van der Waals surface area contributed by atoms with Crippen LogP contribution in [0.3, 0.4) is 0 Å². The van der Waals surface area contributed by atoms with Gasteiger partial charge in [-0.1, -0.05) is 6.92 Å². The smallest absolute Gasteiger partial charge is 0.224 e. The van der Waals surface area contributed by atoms with Crippen LogP contribution in [0.1, 0.15) is 18.9 Å². The van der Waals surface area contributed by atoms with Crippen LogP contribution in [0.4, 0.5) is 11.4 Å². The zero-order valence-corrected chi connectivity index (χ0v) is 8.21. The molecule has 0 radical (unpaired) electrons. The quantitative estimate of drug-likeness (QED) is 0.628. The van der Waals surface area contributed by atoms with Gasteiger partial charge in [0, 0.05) is 24.3 Å². The number of hydrogen-bond acceptors (Lipinski definition) is 3. The zero-order chi connectivity index (χ0) is 10.6. The summed E-state index contributed by atoms with van der Waals surface area (Å²) in [4.78, 5) is 11.1. The number of nitrogen functional groups attached to an aromatic ring is 1. The number of rotatable bonds is 3. The van der Waals surface area contributed by atoms with Crippen LogP contribution in [-0.2, 0) is 11.3 Å². The molecule has 4 nitrogen and oxygen atoms in total. The SMILES string of the molecule is CCC(=O)Nc1cc(N)cc(CN)c1. The van der Waals surface area contributed by atoms with Gasteiger partial charge >= 0.3 is 0 Å². The molecule has 5 N–H and O–H groups in total. The molecule has 1 aromatic rings. The van der Waals surface area contributed by atoms with Gasteiger partial charge in [0.2, 0.25) is 5.91 Å². The Hall–Kier alpha value is -1.55. The lowest BCUT2D eigenvalue weighted by molar-refractivity contribution is -0.115. The number of amides is 1. The van der Waals surface area contributed by atoms with E-state index in [9.17, 15) is 4.79 Å². The van der Waals surface area contributed by atoms with Crippen molar-refractivity contribution in [2.45, 2.75) is 19.9 Å². The zero-order valence-electron chi connectivity index (χ0n) is 8.21. The Labute approximate surface area is 83.3 Å². The molecule has 0 unspecified atom stereocenters. The van der Waals surface area contributed by atoms with E-state index < -0.39 is 0 Å². The summed E-state index contributed by atoms with van der Waals surface area (Å²) in [5, 5.41) is 2.73. The van der Waals surface area contributed by atoms with E-state index in [-0.39, 0.29) is 5.91 Å². The molecule has 0 spiro atoms. The molecule has 0 bridgehead atoms. The molecule has 14 heavy (non-hydrogen) atoms. The van der Waals surface area contributed by atoms with E-state index in [0.29, 0.717) is 24.3 Å². The van der Waals surface area contributed by atoms with Crippen molar-refractivity contribution in [1.29, 1.82) is 0 Å². The summed E-state index contributed by atoms with van der Waals surface area (Å²) in [6.07, 6.45) is 0.451. The van der Waals surface area contributed by atoms with Crippen molar-refractivity contribution < 1.29 is 4.79 Å². The second-order valence-electron chi connectivity index (χ2n) is 3.07. The van der Waals surface area contributed by atoms with Gasteiger partial charge in [-0.2, -0.15) is 0 Å². The monoisotopic (exact) mass is 193 g/mol. The highest BCUT2D eigenvalue weighted by atomic mass is 16.1. The van der Waals surface area contributed by atoms with Crippen LogP contribution in [0, 0.1) is 0 Å². The van der Waals surface area contributed by atoms with Crippen molar-refractivity contribution in [3.8, 4) is 0 Å². The third-order valence-electron chi connectivity index (χ3n) is 1.86. The van der Waals surface area contributed by atoms with E-state index in [0.717, 1.165) is 5.56 Å². The topological polar surface area (TPSA) is 81.1 Å². The van der Waals surface area contributed by atoms with E-state index in [2.05, 4.69) is 5.32 Å². The molecule has 0 aromatic heterocycles. The molecule has 1 rings (SSSR count). The number of nitrogens with one attached hydrogen (secondary N) is 1. The van der Waals surface area contributed by atoms with Gasteiger partial charge in [-0.15, -0.1) is 0 Å². The predicted octanol–water partition coefficient (Wildman–Crippen LogP) is 1.08. The Balaban J connectivity index is 2.86. The Morgan fingerprint density at radius 3 is 2.71 bits per heavy atom. The molecule has 0 aliphatic rings. The molecular weight excluding hydrogens is 178 g/mol. The van der Waals surface area contributed by atoms with Crippen molar-refractivity contribution in [3.63, 3.8) is 0 Å². The third-order valence-corrected chi connectivity index (χ3v) is 1.86. The Kier molecular flexibility index (Phi) is 3.48. The van der Waals surface area contributed by atoms with E-state index in [1.54, 1.807) is 19.1 Å². The Morgan fingerprint density at radius 1 is 1.43 bits per heavy atom. The first-order chi connectivity index (χ1) is 6.65. The van der Waals surface area contributed by atoms with Crippen molar-refractivity contribution in [3.05, 3.63) is 23.8 Å². The summed E-state index contributed by atoms with van der Waals surface area (Å²) in [5.74, 6) is -0.0291. The summed E-state index contributed by atoms with van der Waals surface area (Å²) in [6.45, 7) is 2.21. The molecule has 0 saturated heterocycles. The van der Waals surface area contributed by atoms with Crippen LogP contribution in [0.5, 0.6) is 0 Å². The second kappa shape index (κ2) is 4.62. The molecule has 0 atom stereocenters. The van der Waals surface area contributed by atoms with Crippen LogP contribution >= 0.6 is 0 Å². The lowest BCUT2D eigenvalue weighted by atomic mass is 10.1. The maximum atomic E-state index is 11.1. The molecule has 0 aliphatic heterocycles. The van der Waals surface area contributed by atoms with Crippen LogP contribution in [0.25, 0.3) is 0 Å². The minimum absolute atomic E-state index is 0.0291. The van der Waals surface area contributed by atoms with Gasteiger partial charge in [0.15, 0.2) is 0 Å². The Morgan fingerprint density at radius 2 is 2.14 bits per heavy atom. The summed E-state index contributed by atoms with van der Waals surface area (Å²) in [6, 6.07) is 5.33. The number of benzene rings is 1. The van der Waals surface area contributed by atoms with Crippen molar-refractivity contribution in [2.24, 2.45) is 5.73 Å². The summed E-state index contributed by atoms with van der Waals surface area (Å²) in [5.41, 5.74) is 13.4. The van der Waals surface area contributed by atoms with Gasteiger partial charge < -0.3 is 16.8 Å². The molecule has 0 saturated carbocycles. The van der Waals surface area contributed by atoms with Crippen molar-refractivity contribution in [2.75, 3.05) is 11.1 Å². The number of anilines is 2. The molecular formula is C10H15N3O. The number of carbonyl (C=O) groups excluding carboxylic acids is 1. The van der Waals surface area contributed by atoms with Gasteiger partial charge in [-0.3, -0.25) is 4.79 Å². The highest BCUT2D eigenvalue weighted by molar-refractivity contribution is 5.91. The minimum atomic E-state index is -0.0291. The highest BCUT2D eigenvalue weighted by Crippen LogP contribution is 2.16. The average Bonchev–Trinajstić information content (AvgIpc) is 2.16. The first-order valence-corrected chi connectivity index (χ1v) is 4.55. The van der Waals surface area contributed by atoms with Gasteiger partial charge in [0.25, 0.3) is 0 Å². The molecule has 4 heteroatoms. The summed E-state index contributed by atoms with van der Waals surface area (Å²) in [7, 11) is 0. The van der Waals surface area contributed by atoms with Crippen LogP contribution in [0.15, 0.2) is 18.2 Å². The van der Waals surface area contributed by atoms with Crippen molar-refractivity contribution >= 4 is 17.3 Å². The van der Waals surface area contributed by atoms with Gasteiger partial charge in [0.05, 0.1) is 0 Å². The largest absolute Gasteiger partial charge is 0.399 e. The van der Waals surface area contributed by atoms with E-state index in [1.165, 1.54) is 0 Å². The molecule has 0 aliphatic carbocycles. The van der Waals surface area contributed by atoms with E-state index >= 15 is 0 Å². The standard InChI is InChI=1S/C10H15N3O/c1-2-10(14)13-9-4-7(6-11)3-8(12)5-9/h3-5H,2,6,11-12H2,1H3,(H,13,14). The summed E-state index contributed by atoms with van der Waals surface area (Å²) < 4.78 is 0. The Bertz CT molecular complexity index is 336. The maximum Gasteiger partial charge on any atom is 0.224 e. The van der Waals surface area contributed by atoms with Gasteiger partial charge in [0.1, 0.15) is 0 Å². The number of hydrogen-bond donors (Lipinski definition) is 3. The average molecular weight is 193 g/mol. The van der Waals surface area contributed by atoms with E-state index in [1.807, 2.05) is 6.07 Å². The van der Waals surface area contributed by atoms with Gasteiger partial charge in [-0.25, -0.2) is 0 Å². The lowest BCUT2D eigenvalue weighted by Gasteiger charge is -2.07. The fourth-order valence-electron chi connectivity index (χ4n) is 1.16. The third kappa shape index (κ3) is 2.74.